The number of urea groups is 1. The highest BCUT2D eigenvalue weighted by molar-refractivity contribution is 5.90. The second kappa shape index (κ2) is 9.30. The van der Waals surface area contributed by atoms with Crippen LogP contribution >= 0.6 is 0 Å². The lowest BCUT2D eigenvalue weighted by Crippen LogP contribution is -2.41. The van der Waals surface area contributed by atoms with Gasteiger partial charge in [-0.15, -0.1) is 0 Å². The maximum atomic E-state index is 13.3. The molecule has 0 radical (unpaired) electrons. The van der Waals surface area contributed by atoms with Crippen molar-refractivity contribution in [3.63, 3.8) is 0 Å². The predicted molar refractivity (Wildman–Crippen MR) is 142 cm³/mol. The fourth-order valence-corrected chi connectivity index (χ4v) is 5.70. The van der Waals surface area contributed by atoms with E-state index >= 15 is 0 Å². The van der Waals surface area contributed by atoms with Gasteiger partial charge < -0.3 is 19.1 Å². The van der Waals surface area contributed by atoms with E-state index < -0.39 is 5.60 Å². The molecule has 5 rings (SSSR count). The van der Waals surface area contributed by atoms with Gasteiger partial charge in [0.1, 0.15) is 5.60 Å². The Labute approximate surface area is 213 Å². The summed E-state index contributed by atoms with van der Waals surface area (Å²) in [6.07, 6.45) is 3.01. The van der Waals surface area contributed by atoms with Crippen molar-refractivity contribution in [1.29, 1.82) is 0 Å². The van der Waals surface area contributed by atoms with Gasteiger partial charge in [-0.1, -0.05) is 43.7 Å². The summed E-state index contributed by atoms with van der Waals surface area (Å²) in [5.74, 6) is -0.307. The molecule has 0 saturated carbocycles. The number of esters is 1. The van der Waals surface area contributed by atoms with Gasteiger partial charge in [-0.25, -0.2) is 9.59 Å². The number of fused-ring (bicyclic) bond motifs is 4. The number of carbonyl (C=O) groups is 2. The predicted octanol–water partition coefficient (Wildman–Crippen LogP) is 6.00. The Kier molecular flexibility index (Phi) is 6.31. The second-order valence-corrected chi connectivity index (χ2v) is 11.2. The van der Waals surface area contributed by atoms with Gasteiger partial charge in [-0.3, -0.25) is 0 Å². The van der Waals surface area contributed by atoms with Crippen LogP contribution in [0, 0.1) is 0 Å². The number of ether oxygens (including phenoxy) is 1. The van der Waals surface area contributed by atoms with E-state index in [4.69, 9.17) is 4.74 Å². The molecule has 2 aliphatic rings. The van der Waals surface area contributed by atoms with Crippen molar-refractivity contribution in [2.75, 3.05) is 6.54 Å². The number of rotatable bonds is 6. The quantitative estimate of drug-likeness (QED) is 0.401. The van der Waals surface area contributed by atoms with E-state index in [1.165, 1.54) is 22.2 Å². The highest BCUT2D eigenvalue weighted by Crippen LogP contribution is 2.38. The zero-order valence-electron chi connectivity index (χ0n) is 22.1. The number of hydrogen-bond acceptors (Lipinski definition) is 3. The van der Waals surface area contributed by atoms with Gasteiger partial charge in [0.05, 0.1) is 24.2 Å². The summed E-state index contributed by atoms with van der Waals surface area (Å²) in [5, 5.41) is 1.28. The minimum Gasteiger partial charge on any atom is -0.456 e. The number of unbranched alkanes of at least 4 members (excludes halogenated alkanes) is 1. The molecule has 0 aliphatic carbocycles. The Hall–Kier alpha value is -3.28. The average Bonchev–Trinajstić information content (AvgIpc) is 3.27. The first-order chi connectivity index (χ1) is 17.2. The number of carbonyl (C=O) groups excluding carboxylic acids is 2. The minimum absolute atomic E-state index is 0.171. The topological polar surface area (TPSA) is 54.8 Å². The molecule has 0 spiro atoms. The molecule has 2 aromatic carbocycles. The summed E-state index contributed by atoms with van der Waals surface area (Å²) in [6, 6.07) is 16.9. The van der Waals surface area contributed by atoms with Crippen LogP contribution in [0.25, 0.3) is 10.9 Å². The summed E-state index contributed by atoms with van der Waals surface area (Å²) in [4.78, 5) is 29.9. The summed E-state index contributed by atoms with van der Waals surface area (Å²) in [6.45, 7) is 12.1. The molecule has 6 heteroatoms. The number of para-hydroxylation sites is 1. The minimum atomic E-state index is -0.520. The van der Waals surface area contributed by atoms with Gasteiger partial charge in [0.2, 0.25) is 0 Å². The number of hydrogen-bond donors (Lipinski definition) is 0. The molecule has 0 bridgehead atoms. The maximum absolute atomic E-state index is 13.3. The van der Waals surface area contributed by atoms with E-state index in [1.54, 1.807) is 0 Å². The van der Waals surface area contributed by atoms with Crippen LogP contribution in [0.15, 0.2) is 48.5 Å². The van der Waals surface area contributed by atoms with E-state index in [-0.39, 0.29) is 24.1 Å². The van der Waals surface area contributed by atoms with Gasteiger partial charge in [-0.2, -0.15) is 0 Å². The number of amides is 2. The SMILES string of the molecule is CCCCN1C(=O)N2Cc3c(c4ccccc4n3Cc3ccc(C(=O)OC(C)(C)C)cc3)CC2C1C. The zero-order valence-corrected chi connectivity index (χ0v) is 22.1. The summed E-state index contributed by atoms with van der Waals surface area (Å²) in [7, 11) is 0. The smallest absolute Gasteiger partial charge is 0.338 e. The Balaban J connectivity index is 1.45. The first-order valence-electron chi connectivity index (χ1n) is 13.2. The first kappa shape index (κ1) is 24.4. The molecule has 190 valence electrons. The second-order valence-electron chi connectivity index (χ2n) is 11.2. The Morgan fingerprint density at radius 2 is 1.81 bits per heavy atom. The molecular formula is C30H37N3O3. The molecule has 0 N–H and O–H groups in total. The van der Waals surface area contributed by atoms with Crippen LogP contribution < -0.4 is 0 Å². The van der Waals surface area contributed by atoms with Crippen molar-refractivity contribution in [3.05, 3.63) is 70.9 Å². The van der Waals surface area contributed by atoms with Crippen LogP contribution in [0.4, 0.5) is 4.79 Å². The Morgan fingerprint density at radius 3 is 2.50 bits per heavy atom. The lowest BCUT2D eigenvalue weighted by Gasteiger charge is -2.31. The third-order valence-electron chi connectivity index (χ3n) is 7.55. The van der Waals surface area contributed by atoms with Crippen LogP contribution in [-0.2, 0) is 24.2 Å². The van der Waals surface area contributed by atoms with E-state index in [1.807, 2.05) is 45.0 Å². The van der Waals surface area contributed by atoms with Gasteiger partial charge in [0.15, 0.2) is 0 Å². The average molecular weight is 488 g/mol. The number of benzene rings is 2. The van der Waals surface area contributed by atoms with E-state index in [0.717, 1.165) is 31.4 Å². The molecule has 2 unspecified atom stereocenters. The standard InChI is InChI=1S/C30H37N3O3/c1-6-7-16-31-20(2)26-17-24-23-10-8-9-11-25(23)32(27(24)19-33(26)29(31)35)18-21-12-14-22(15-13-21)28(34)36-30(3,4)5/h8-15,20,26H,6-7,16-19H2,1-5H3. The molecule has 1 aromatic heterocycles. The Morgan fingerprint density at radius 1 is 1.08 bits per heavy atom. The zero-order chi connectivity index (χ0) is 25.6. The van der Waals surface area contributed by atoms with Gasteiger partial charge >= 0.3 is 12.0 Å². The molecular weight excluding hydrogens is 450 g/mol. The molecule has 2 amide bonds. The maximum Gasteiger partial charge on any atom is 0.338 e. The molecule has 1 saturated heterocycles. The van der Waals surface area contributed by atoms with Crippen molar-refractivity contribution in [1.82, 2.24) is 14.4 Å². The normalized spacial score (nSPS) is 19.5. The fourth-order valence-electron chi connectivity index (χ4n) is 5.70. The van der Waals surface area contributed by atoms with Gasteiger partial charge in [-0.05, 0) is 69.9 Å². The lowest BCUT2D eigenvalue weighted by molar-refractivity contribution is 0.00694. The van der Waals surface area contributed by atoms with Crippen molar-refractivity contribution >= 4 is 22.9 Å². The first-order valence-corrected chi connectivity index (χ1v) is 13.2. The molecule has 1 fully saturated rings. The van der Waals surface area contributed by atoms with Crippen LogP contribution in [0.5, 0.6) is 0 Å². The van der Waals surface area contributed by atoms with Crippen molar-refractivity contribution in [3.8, 4) is 0 Å². The monoisotopic (exact) mass is 487 g/mol. The number of aromatic nitrogens is 1. The van der Waals surface area contributed by atoms with Crippen LogP contribution in [0.3, 0.4) is 0 Å². The highest BCUT2D eigenvalue weighted by Gasteiger charge is 2.46. The van der Waals surface area contributed by atoms with Crippen LogP contribution in [0.1, 0.15) is 74.6 Å². The largest absolute Gasteiger partial charge is 0.456 e. The van der Waals surface area contributed by atoms with Gasteiger partial charge in [0, 0.05) is 29.7 Å². The van der Waals surface area contributed by atoms with E-state index in [2.05, 4.69) is 52.5 Å². The third kappa shape index (κ3) is 4.38. The summed E-state index contributed by atoms with van der Waals surface area (Å²) >= 11 is 0. The lowest BCUT2D eigenvalue weighted by atomic mass is 9.94. The van der Waals surface area contributed by atoms with Crippen molar-refractivity contribution < 1.29 is 14.3 Å². The van der Waals surface area contributed by atoms with Gasteiger partial charge in [0.25, 0.3) is 0 Å². The molecule has 3 heterocycles. The Bertz CT molecular complexity index is 1290. The van der Waals surface area contributed by atoms with Crippen LogP contribution in [0.2, 0.25) is 0 Å². The van der Waals surface area contributed by atoms with Crippen LogP contribution in [-0.4, -0.2) is 50.6 Å². The van der Waals surface area contributed by atoms with E-state index in [9.17, 15) is 9.59 Å². The highest BCUT2D eigenvalue weighted by atomic mass is 16.6. The molecule has 36 heavy (non-hydrogen) atoms. The molecule has 2 atom stereocenters. The molecule has 2 aliphatic heterocycles. The fraction of sp³-hybridized carbons (Fsp3) is 0.467. The third-order valence-corrected chi connectivity index (χ3v) is 7.55. The van der Waals surface area contributed by atoms with Crippen molar-refractivity contribution in [2.24, 2.45) is 0 Å². The summed E-state index contributed by atoms with van der Waals surface area (Å²) in [5.41, 5.74) is 4.94. The molecule has 6 nitrogen and oxygen atoms in total. The molecule has 3 aromatic rings. The number of nitrogens with zero attached hydrogens (tertiary/aromatic N) is 3. The summed E-state index contributed by atoms with van der Waals surface area (Å²) < 4.78 is 7.87. The van der Waals surface area contributed by atoms with E-state index in [0.29, 0.717) is 18.7 Å². The van der Waals surface area contributed by atoms with Crippen molar-refractivity contribution in [2.45, 2.75) is 84.7 Å².